The Hall–Kier alpha value is -2.11. The summed E-state index contributed by atoms with van der Waals surface area (Å²) < 4.78 is 28.5. The molecule has 0 amide bonds. The van der Waals surface area contributed by atoms with Crippen LogP contribution in [0.2, 0.25) is 0 Å². The Morgan fingerprint density at radius 2 is 1.63 bits per heavy atom. The predicted molar refractivity (Wildman–Crippen MR) is 111 cm³/mol. The number of sulfonamides is 1. The summed E-state index contributed by atoms with van der Waals surface area (Å²) in [4.78, 5) is 2.67. The number of hydrogen-bond donors (Lipinski definition) is 1. The van der Waals surface area contributed by atoms with Gasteiger partial charge in [-0.25, -0.2) is 8.42 Å². The van der Waals surface area contributed by atoms with Gasteiger partial charge in [0.05, 0.1) is 16.6 Å². The first-order chi connectivity index (χ1) is 13.0. The number of para-hydroxylation sites is 1. The van der Waals surface area contributed by atoms with Crippen molar-refractivity contribution in [2.24, 2.45) is 0 Å². The van der Waals surface area contributed by atoms with Crippen molar-refractivity contribution in [1.82, 2.24) is 4.90 Å². The summed E-state index contributed by atoms with van der Waals surface area (Å²) in [5.41, 5.74) is 2.60. The zero-order valence-electron chi connectivity index (χ0n) is 15.9. The van der Waals surface area contributed by atoms with E-state index in [2.05, 4.69) is 16.2 Å². The molecule has 0 unspecified atom stereocenters. The third kappa shape index (κ3) is 4.79. The van der Waals surface area contributed by atoms with Crippen molar-refractivity contribution in [2.45, 2.75) is 43.5 Å². The number of aryl methyl sites for hydroxylation is 1. The molecule has 1 fully saturated rings. The Morgan fingerprint density at radius 3 is 2.26 bits per heavy atom. The van der Waals surface area contributed by atoms with E-state index < -0.39 is 10.0 Å². The van der Waals surface area contributed by atoms with Crippen LogP contribution in [0, 0.1) is 6.92 Å². The fourth-order valence-electron chi connectivity index (χ4n) is 3.62. The number of benzene rings is 2. The minimum atomic E-state index is -3.64. The Balaban J connectivity index is 1.90. The van der Waals surface area contributed by atoms with E-state index in [1.807, 2.05) is 49.4 Å². The van der Waals surface area contributed by atoms with Crippen LogP contribution in [0.3, 0.4) is 0 Å². The second-order valence-electron chi connectivity index (χ2n) is 7.14. The molecule has 1 aliphatic heterocycles. The highest BCUT2D eigenvalue weighted by Gasteiger charge is 2.23. The Labute approximate surface area is 163 Å². The molecule has 0 aromatic heterocycles. The van der Waals surface area contributed by atoms with Gasteiger partial charge < -0.3 is 0 Å². The molecular weight excluding hydrogens is 356 g/mol. The molecule has 2 aromatic carbocycles. The quantitative estimate of drug-likeness (QED) is 0.721. The number of nitrogens with zero attached hydrogens (tertiary/aromatic N) is 1. The molecule has 0 spiro atoms. The molecule has 3 rings (SSSR count). The summed E-state index contributed by atoms with van der Waals surface area (Å²) in [6.07, 6.45) is 6.76. The molecule has 0 radical (unpaired) electrons. The maximum Gasteiger partial charge on any atom is 0.261 e. The van der Waals surface area contributed by atoms with Crippen LogP contribution in [0.25, 0.3) is 0 Å². The molecule has 0 aliphatic carbocycles. The Bertz CT molecular complexity index is 867. The average molecular weight is 385 g/mol. The lowest BCUT2D eigenvalue weighted by Crippen LogP contribution is -2.29. The lowest BCUT2D eigenvalue weighted by atomic mass is 10.0. The third-order valence-electron chi connectivity index (χ3n) is 5.11. The third-order valence-corrected chi connectivity index (χ3v) is 6.49. The van der Waals surface area contributed by atoms with Gasteiger partial charge in [-0.1, -0.05) is 54.8 Å². The van der Waals surface area contributed by atoms with Crippen LogP contribution in [0.15, 0.2) is 66.1 Å². The predicted octanol–water partition coefficient (Wildman–Crippen LogP) is 4.90. The van der Waals surface area contributed by atoms with Gasteiger partial charge in [-0.05, 0) is 56.6 Å². The highest BCUT2D eigenvalue weighted by atomic mass is 32.2. The largest absolute Gasteiger partial charge is 0.293 e. The maximum absolute atomic E-state index is 12.9. The van der Waals surface area contributed by atoms with Crippen molar-refractivity contribution in [3.8, 4) is 0 Å². The fraction of sp³-hybridized carbons (Fsp3) is 0.364. The molecule has 1 aliphatic rings. The fourth-order valence-corrected chi connectivity index (χ4v) is 4.70. The minimum absolute atomic E-state index is 0.0000165. The Morgan fingerprint density at radius 1 is 1.00 bits per heavy atom. The first-order valence-electron chi connectivity index (χ1n) is 9.56. The van der Waals surface area contributed by atoms with Crippen LogP contribution < -0.4 is 4.72 Å². The van der Waals surface area contributed by atoms with E-state index >= 15 is 0 Å². The van der Waals surface area contributed by atoms with Crippen LogP contribution in [0.5, 0.6) is 0 Å². The van der Waals surface area contributed by atoms with Gasteiger partial charge in [0, 0.05) is 0 Å². The molecule has 1 saturated heterocycles. The summed E-state index contributed by atoms with van der Waals surface area (Å²) in [7, 11) is -3.64. The van der Waals surface area contributed by atoms with E-state index in [0.717, 1.165) is 24.2 Å². The van der Waals surface area contributed by atoms with Crippen LogP contribution in [-0.2, 0) is 10.0 Å². The summed E-state index contributed by atoms with van der Waals surface area (Å²) in [6, 6.07) is 14.5. The van der Waals surface area contributed by atoms with E-state index in [4.69, 9.17) is 0 Å². The lowest BCUT2D eigenvalue weighted by molar-refractivity contribution is 0.241. The topological polar surface area (TPSA) is 49.4 Å². The van der Waals surface area contributed by atoms with Gasteiger partial charge >= 0.3 is 0 Å². The smallest absolute Gasteiger partial charge is 0.261 e. The highest BCUT2D eigenvalue weighted by Crippen LogP contribution is 2.31. The molecular formula is C22H28N2O2S. The van der Waals surface area contributed by atoms with Crippen molar-refractivity contribution in [3.05, 3.63) is 72.3 Å². The summed E-state index contributed by atoms with van der Waals surface area (Å²) in [5.74, 6) is 0. The van der Waals surface area contributed by atoms with Crippen molar-refractivity contribution in [3.63, 3.8) is 0 Å². The zero-order valence-corrected chi connectivity index (χ0v) is 16.7. The number of anilines is 1. The first kappa shape index (κ1) is 19.6. The number of rotatable bonds is 6. The van der Waals surface area contributed by atoms with Gasteiger partial charge in [-0.2, -0.15) is 0 Å². The first-order valence-corrected chi connectivity index (χ1v) is 11.0. The van der Waals surface area contributed by atoms with Gasteiger partial charge in [-0.15, -0.1) is 6.58 Å². The van der Waals surface area contributed by atoms with Crippen molar-refractivity contribution in [1.29, 1.82) is 0 Å². The van der Waals surface area contributed by atoms with Crippen molar-refractivity contribution < 1.29 is 8.42 Å². The summed E-state index contributed by atoms with van der Waals surface area (Å²) in [6.45, 7) is 7.99. The summed E-state index contributed by atoms with van der Waals surface area (Å²) >= 11 is 0. The van der Waals surface area contributed by atoms with E-state index in [-0.39, 0.29) is 10.9 Å². The van der Waals surface area contributed by atoms with Gasteiger partial charge in [0.1, 0.15) is 0 Å². The average Bonchev–Trinajstić information content (AvgIpc) is 2.93. The molecule has 0 bridgehead atoms. The molecule has 27 heavy (non-hydrogen) atoms. The van der Waals surface area contributed by atoms with Crippen molar-refractivity contribution >= 4 is 15.7 Å². The van der Waals surface area contributed by atoms with E-state index in [1.54, 1.807) is 12.1 Å². The SMILES string of the molecule is C=C[C@@H](c1ccccc1NS(=O)(=O)c1ccc(C)cc1)N1CCCCCC1. The minimum Gasteiger partial charge on any atom is -0.293 e. The monoisotopic (exact) mass is 384 g/mol. The van der Waals surface area contributed by atoms with E-state index in [9.17, 15) is 8.42 Å². The highest BCUT2D eigenvalue weighted by molar-refractivity contribution is 7.92. The molecule has 2 aromatic rings. The molecule has 0 saturated carbocycles. The molecule has 1 heterocycles. The van der Waals surface area contributed by atoms with Crippen molar-refractivity contribution in [2.75, 3.05) is 17.8 Å². The van der Waals surface area contributed by atoms with E-state index in [1.165, 1.54) is 25.7 Å². The van der Waals surface area contributed by atoms with Gasteiger partial charge in [-0.3, -0.25) is 9.62 Å². The molecule has 1 atom stereocenters. The lowest BCUT2D eigenvalue weighted by Gasteiger charge is -2.30. The number of hydrogen-bond acceptors (Lipinski definition) is 3. The second-order valence-corrected chi connectivity index (χ2v) is 8.82. The molecule has 1 N–H and O–H groups in total. The zero-order chi connectivity index (χ0) is 19.3. The van der Waals surface area contributed by atoms with Gasteiger partial charge in [0.2, 0.25) is 0 Å². The standard InChI is InChI=1S/C22H28N2O2S/c1-3-22(24-16-8-4-5-9-17-24)20-10-6-7-11-21(20)23-27(25,26)19-14-12-18(2)13-15-19/h3,6-7,10-15,22-23H,1,4-5,8-9,16-17H2,2H3/t22-/m0/s1. The Kier molecular flexibility index (Phi) is 6.34. The van der Waals surface area contributed by atoms with Crippen LogP contribution in [0.4, 0.5) is 5.69 Å². The molecule has 4 nitrogen and oxygen atoms in total. The molecule has 5 heteroatoms. The number of nitrogens with one attached hydrogen (secondary N) is 1. The molecule has 144 valence electrons. The van der Waals surface area contributed by atoms with Gasteiger partial charge in [0.15, 0.2) is 0 Å². The normalized spacial score (nSPS) is 17.1. The number of likely N-dealkylation sites (tertiary alicyclic amines) is 1. The van der Waals surface area contributed by atoms with Crippen LogP contribution in [-0.4, -0.2) is 26.4 Å². The second kappa shape index (κ2) is 8.72. The summed E-state index contributed by atoms with van der Waals surface area (Å²) in [5, 5.41) is 0. The maximum atomic E-state index is 12.9. The van der Waals surface area contributed by atoms with Crippen LogP contribution in [0.1, 0.15) is 42.9 Å². The van der Waals surface area contributed by atoms with Crippen LogP contribution >= 0.6 is 0 Å². The van der Waals surface area contributed by atoms with Gasteiger partial charge in [0.25, 0.3) is 10.0 Å². The van der Waals surface area contributed by atoms with E-state index in [0.29, 0.717) is 5.69 Å².